The number of ether oxygens (including phenoxy) is 2. The Bertz CT molecular complexity index is 1760. The summed E-state index contributed by atoms with van der Waals surface area (Å²) in [6.07, 6.45) is 6.82. The lowest BCUT2D eigenvalue weighted by molar-refractivity contribution is -0.148. The number of amides is 4. The lowest BCUT2D eigenvalue weighted by Crippen LogP contribution is -2.60. The number of hydrogen-bond donors (Lipinski definition) is 3. The third-order valence-electron chi connectivity index (χ3n) is 12.2. The van der Waals surface area contributed by atoms with Gasteiger partial charge in [-0.25, -0.2) is 9.97 Å². The van der Waals surface area contributed by atoms with Gasteiger partial charge in [-0.05, 0) is 49.6 Å². The van der Waals surface area contributed by atoms with Gasteiger partial charge in [-0.15, -0.1) is 11.3 Å². The molecule has 60 heavy (non-hydrogen) atoms. The van der Waals surface area contributed by atoms with Crippen molar-refractivity contribution in [3.8, 4) is 0 Å². The summed E-state index contributed by atoms with van der Waals surface area (Å²) in [6, 6.07) is 7.60. The van der Waals surface area contributed by atoms with Crippen molar-refractivity contribution in [1.29, 1.82) is 0 Å². The molecule has 3 heterocycles. The number of thiazole rings is 1. The molecule has 14 nitrogen and oxygen atoms in total. The number of H-pyrrole nitrogens is 1. The van der Waals surface area contributed by atoms with Crippen LogP contribution in [0.15, 0.2) is 54.3 Å². The van der Waals surface area contributed by atoms with E-state index in [1.807, 2.05) is 87.2 Å². The third-order valence-corrected chi connectivity index (χ3v) is 13.1. The first-order valence-corrected chi connectivity index (χ1v) is 22.3. The number of benzene rings is 1. The Morgan fingerprint density at radius 1 is 0.950 bits per heavy atom. The fourth-order valence-corrected chi connectivity index (χ4v) is 9.46. The van der Waals surface area contributed by atoms with Gasteiger partial charge in [-0.2, -0.15) is 0 Å². The molecule has 3 N–H and O–H groups in total. The van der Waals surface area contributed by atoms with Crippen LogP contribution in [0, 0.1) is 23.7 Å². The van der Waals surface area contributed by atoms with E-state index in [9.17, 15) is 19.2 Å². The zero-order valence-electron chi connectivity index (χ0n) is 37.6. The molecule has 332 valence electrons. The molecule has 1 fully saturated rings. The first-order chi connectivity index (χ1) is 28.6. The number of likely N-dealkylation sites (N-methyl/N-ethyl adjacent to an activating group) is 2. The lowest BCUT2D eigenvalue weighted by Gasteiger charge is -2.41. The SMILES string of the molecule is CC[C@H](C)[C@@H]([C@@H](CC(=O)N1CCCC1[C@H](OC)[C@@H](C)C(=O)N[C@@H](Cc1ccccc1)c1nccs1)OC)N(C)C(=O)[C@@H](NC(=O)[C@H](C(C)C)N(C)Cc1ncc[nH]1)C(C)C. The van der Waals surface area contributed by atoms with Gasteiger partial charge in [0.25, 0.3) is 0 Å². The van der Waals surface area contributed by atoms with E-state index in [0.717, 1.165) is 29.2 Å². The maximum absolute atomic E-state index is 14.5. The molecule has 4 amide bonds. The van der Waals surface area contributed by atoms with Crippen LogP contribution < -0.4 is 10.6 Å². The largest absolute Gasteiger partial charge is 0.379 e. The molecule has 1 aromatic carbocycles. The average Bonchev–Trinajstić information content (AvgIpc) is 4.04. The van der Waals surface area contributed by atoms with Crippen molar-refractivity contribution < 1.29 is 28.7 Å². The summed E-state index contributed by atoms with van der Waals surface area (Å²) in [5.41, 5.74) is 1.09. The Hall–Kier alpha value is -4.18. The first kappa shape index (κ1) is 48.5. The number of aromatic amines is 1. The van der Waals surface area contributed by atoms with E-state index in [2.05, 4.69) is 39.4 Å². The lowest BCUT2D eigenvalue weighted by atomic mass is 9.89. The number of carbonyl (C=O) groups excluding carboxylic acids is 4. The van der Waals surface area contributed by atoms with Gasteiger partial charge in [0.1, 0.15) is 16.9 Å². The number of hydrogen-bond acceptors (Lipinski definition) is 10. The van der Waals surface area contributed by atoms with Crippen LogP contribution in [0.4, 0.5) is 0 Å². The topological polar surface area (TPSA) is 162 Å². The molecule has 15 heteroatoms. The molecule has 1 aliphatic rings. The van der Waals surface area contributed by atoms with Gasteiger partial charge in [0.2, 0.25) is 23.6 Å². The van der Waals surface area contributed by atoms with E-state index in [4.69, 9.17) is 9.47 Å². The molecule has 3 aromatic rings. The van der Waals surface area contributed by atoms with E-state index in [1.54, 1.807) is 44.8 Å². The van der Waals surface area contributed by atoms with Gasteiger partial charge in [-0.1, -0.05) is 85.2 Å². The third kappa shape index (κ3) is 12.5. The zero-order chi connectivity index (χ0) is 44.1. The Balaban J connectivity index is 1.48. The van der Waals surface area contributed by atoms with E-state index in [1.165, 1.54) is 11.3 Å². The molecule has 0 aliphatic carbocycles. The van der Waals surface area contributed by atoms with Crippen molar-refractivity contribution >= 4 is 35.0 Å². The molecule has 9 atom stereocenters. The van der Waals surface area contributed by atoms with Gasteiger partial charge >= 0.3 is 0 Å². The number of methoxy groups -OCH3 is 2. The second-order valence-corrected chi connectivity index (χ2v) is 18.0. The highest BCUT2D eigenvalue weighted by Gasteiger charge is 2.43. The van der Waals surface area contributed by atoms with Crippen LogP contribution in [0.5, 0.6) is 0 Å². The maximum atomic E-state index is 14.5. The van der Waals surface area contributed by atoms with Crippen LogP contribution in [0.2, 0.25) is 0 Å². The molecule has 0 spiro atoms. The van der Waals surface area contributed by atoms with Crippen LogP contribution >= 0.6 is 11.3 Å². The molecule has 0 bridgehead atoms. The normalized spacial score (nSPS) is 18.4. The van der Waals surface area contributed by atoms with E-state index >= 15 is 0 Å². The van der Waals surface area contributed by atoms with Crippen LogP contribution in [0.3, 0.4) is 0 Å². The summed E-state index contributed by atoms with van der Waals surface area (Å²) >= 11 is 1.50. The minimum Gasteiger partial charge on any atom is -0.379 e. The highest BCUT2D eigenvalue weighted by atomic mass is 32.1. The Kier molecular flexibility index (Phi) is 18.7. The van der Waals surface area contributed by atoms with E-state index in [0.29, 0.717) is 25.9 Å². The summed E-state index contributed by atoms with van der Waals surface area (Å²) in [5.74, 6) is -0.855. The van der Waals surface area contributed by atoms with E-state index in [-0.39, 0.29) is 59.9 Å². The number of rotatable bonds is 23. The smallest absolute Gasteiger partial charge is 0.245 e. The second kappa shape index (κ2) is 23.2. The highest BCUT2D eigenvalue weighted by Crippen LogP contribution is 2.31. The second-order valence-electron chi connectivity index (χ2n) is 17.1. The monoisotopic (exact) mass is 851 g/mol. The summed E-state index contributed by atoms with van der Waals surface area (Å²) in [4.78, 5) is 74.2. The molecular formula is C45H70N8O6S. The fourth-order valence-electron chi connectivity index (χ4n) is 8.77. The summed E-state index contributed by atoms with van der Waals surface area (Å²) in [5, 5.41) is 9.07. The summed E-state index contributed by atoms with van der Waals surface area (Å²) in [7, 11) is 6.80. The van der Waals surface area contributed by atoms with E-state index < -0.39 is 36.3 Å². The number of nitrogens with one attached hydrogen (secondary N) is 3. The van der Waals surface area contributed by atoms with Crippen LogP contribution in [-0.2, 0) is 41.6 Å². The van der Waals surface area contributed by atoms with Gasteiger partial charge in [-0.3, -0.25) is 24.1 Å². The molecule has 1 aliphatic heterocycles. The number of likely N-dealkylation sites (tertiary alicyclic amines) is 1. The number of aromatic nitrogens is 3. The zero-order valence-corrected chi connectivity index (χ0v) is 38.4. The van der Waals surface area contributed by atoms with Crippen LogP contribution in [-0.4, -0.2) is 125 Å². The number of nitrogens with zero attached hydrogens (tertiary/aromatic N) is 5. The van der Waals surface area contributed by atoms with Gasteiger partial charge in [0.05, 0.1) is 55.3 Å². The maximum Gasteiger partial charge on any atom is 0.245 e. The van der Waals surface area contributed by atoms with Crippen molar-refractivity contribution in [2.45, 2.75) is 130 Å². The quantitative estimate of drug-likeness (QED) is 0.112. The Labute approximate surface area is 361 Å². The van der Waals surface area contributed by atoms with Crippen molar-refractivity contribution in [2.24, 2.45) is 23.7 Å². The van der Waals surface area contributed by atoms with Crippen molar-refractivity contribution in [3.63, 3.8) is 0 Å². The highest BCUT2D eigenvalue weighted by molar-refractivity contribution is 7.09. The van der Waals surface area contributed by atoms with Gasteiger partial charge < -0.3 is 34.9 Å². The molecule has 4 rings (SSSR count). The number of imidazole rings is 1. The molecular weight excluding hydrogens is 781 g/mol. The first-order valence-electron chi connectivity index (χ1n) is 21.5. The van der Waals surface area contributed by atoms with Crippen LogP contribution in [0.1, 0.15) is 96.6 Å². The molecule has 0 saturated carbocycles. The van der Waals surface area contributed by atoms with Crippen molar-refractivity contribution in [2.75, 3.05) is 34.9 Å². The fraction of sp³-hybridized carbons (Fsp3) is 0.644. The molecule has 1 unspecified atom stereocenters. The average molecular weight is 851 g/mol. The van der Waals surface area contributed by atoms with Crippen molar-refractivity contribution in [1.82, 2.24) is 40.3 Å². The van der Waals surface area contributed by atoms with Gasteiger partial charge in [0, 0.05) is 51.8 Å². The predicted molar refractivity (Wildman–Crippen MR) is 235 cm³/mol. The molecule has 0 radical (unpaired) electrons. The van der Waals surface area contributed by atoms with Gasteiger partial charge in [0.15, 0.2) is 0 Å². The Morgan fingerprint density at radius 3 is 2.23 bits per heavy atom. The van der Waals surface area contributed by atoms with Crippen LogP contribution in [0.25, 0.3) is 0 Å². The molecule has 2 aromatic heterocycles. The predicted octanol–water partition coefficient (Wildman–Crippen LogP) is 5.48. The summed E-state index contributed by atoms with van der Waals surface area (Å²) < 4.78 is 12.2. The Morgan fingerprint density at radius 2 is 1.67 bits per heavy atom. The number of carbonyl (C=O) groups is 4. The standard InChI is InChI=1S/C45H70N8O6S/c1-12-30(6)40(52(9)45(57)38(28(2)3)50-43(56)39(29(4)5)51(8)27-36-46-20-21-47-36)35(58-10)26-37(54)53-23-16-19-34(53)41(59-11)31(7)42(55)49-33(44-48-22-24-60-44)25-32-17-14-13-15-18-32/h13-15,17-18,20-22,24,28-31,33-35,38-41H,12,16,19,23,25-27H2,1-11H3,(H,46,47)(H,49,55)(H,50,56)/t30-,31+,33-,34?,35+,38-,39-,40-,41+/m0/s1. The minimum absolute atomic E-state index is 0.0328. The molecule has 1 saturated heterocycles. The minimum atomic E-state index is -0.804. The summed E-state index contributed by atoms with van der Waals surface area (Å²) in [6.45, 7) is 14.8. The van der Waals surface area contributed by atoms with Crippen molar-refractivity contribution in [3.05, 3.63) is 70.7 Å².